The molecule has 8 nitrogen and oxygen atoms in total. The Bertz CT molecular complexity index is 990. The fourth-order valence-corrected chi connectivity index (χ4v) is 3.29. The molecule has 2 rings (SSSR count). The van der Waals surface area contributed by atoms with Crippen LogP contribution >= 0.6 is 0 Å². The monoisotopic (exact) mass is 487 g/mol. The number of hydrogen-bond donors (Lipinski definition) is 0. The van der Waals surface area contributed by atoms with Gasteiger partial charge in [0.1, 0.15) is 17.0 Å². The summed E-state index contributed by atoms with van der Waals surface area (Å²) in [4.78, 5) is 26.8. The molecule has 2 amide bonds. The van der Waals surface area contributed by atoms with Crippen LogP contribution < -0.4 is 14.2 Å². The van der Waals surface area contributed by atoms with Gasteiger partial charge in [-0.2, -0.15) is 0 Å². The molecule has 8 heteroatoms. The maximum Gasteiger partial charge on any atom is 0.419 e. The van der Waals surface area contributed by atoms with Gasteiger partial charge in [0.25, 0.3) is 0 Å². The zero-order valence-electron chi connectivity index (χ0n) is 22.2. The van der Waals surface area contributed by atoms with Gasteiger partial charge in [0.15, 0.2) is 11.5 Å². The van der Waals surface area contributed by atoms with Crippen LogP contribution in [-0.2, 0) is 15.9 Å². The number of ether oxygens (including phenoxy) is 5. The van der Waals surface area contributed by atoms with Crippen LogP contribution in [0.5, 0.6) is 17.2 Å². The van der Waals surface area contributed by atoms with Crippen molar-refractivity contribution in [1.29, 1.82) is 0 Å². The van der Waals surface area contributed by atoms with Gasteiger partial charge in [-0.25, -0.2) is 14.5 Å². The van der Waals surface area contributed by atoms with E-state index in [1.807, 2.05) is 36.4 Å². The largest absolute Gasteiger partial charge is 0.497 e. The highest BCUT2D eigenvalue weighted by atomic mass is 16.6. The van der Waals surface area contributed by atoms with Crippen molar-refractivity contribution in [3.05, 3.63) is 42.0 Å². The van der Waals surface area contributed by atoms with Crippen molar-refractivity contribution in [1.82, 2.24) is 4.90 Å². The number of methoxy groups -OCH3 is 3. The summed E-state index contributed by atoms with van der Waals surface area (Å²) in [5.74, 6) is 1.84. The highest BCUT2D eigenvalue weighted by Crippen LogP contribution is 2.36. The third kappa shape index (κ3) is 8.09. The first-order valence-electron chi connectivity index (χ1n) is 11.4. The average Bonchev–Trinajstić information content (AvgIpc) is 2.76. The van der Waals surface area contributed by atoms with E-state index in [0.717, 1.165) is 27.3 Å². The van der Waals surface area contributed by atoms with Gasteiger partial charge in [-0.15, -0.1) is 0 Å². The molecule has 0 atom stereocenters. The molecule has 0 radical (unpaired) electrons. The number of imide groups is 1. The molecule has 0 heterocycles. The van der Waals surface area contributed by atoms with Crippen molar-refractivity contribution < 1.29 is 33.3 Å². The van der Waals surface area contributed by atoms with Gasteiger partial charge in [0.2, 0.25) is 0 Å². The zero-order valence-corrected chi connectivity index (χ0v) is 22.2. The van der Waals surface area contributed by atoms with Crippen LogP contribution in [0.15, 0.2) is 36.4 Å². The normalized spacial score (nSPS) is 11.5. The third-order valence-electron chi connectivity index (χ3n) is 4.84. The molecule has 2 aromatic carbocycles. The Labute approximate surface area is 208 Å². The number of carbonyl (C=O) groups excluding carboxylic acids is 2. The fourth-order valence-electron chi connectivity index (χ4n) is 3.29. The van der Waals surface area contributed by atoms with Gasteiger partial charge in [0.05, 0.1) is 21.3 Å². The predicted octanol–water partition coefficient (Wildman–Crippen LogP) is 6.09. The lowest BCUT2D eigenvalue weighted by Gasteiger charge is -2.29. The molecule has 0 N–H and O–H groups in total. The molecule has 0 fully saturated rings. The van der Waals surface area contributed by atoms with Crippen LogP contribution in [0.25, 0.3) is 11.1 Å². The molecular formula is C27H37NO7. The smallest absolute Gasteiger partial charge is 0.419 e. The summed E-state index contributed by atoms with van der Waals surface area (Å²) >= 11 is 0. The standard InChI is InChI=1S/C27H37NO7/c1-26(2,3)34-24(29)28(25(30)35-27(4,5)6)15-14-19-16-22(32-8)23(33-9)17-21(19)18-10-12-20(31-7)13-11-18/h10-13,16-17H,14-15H2,1-9H3. The molecule has 2 aromatic rings. The summed E-state index contributed by atoms with van der Waals surface area (Å²) in [6.45, 7) is 10.5. The van der Waals surface area contributed by atoms with Gasteiger partial charge in [-0.3, -0.25) is 0 Å². The molecule has 0 bridgehead atoms. The molecule has 0 unspecified atom stereocenters. The van der Waals surface area contributed by atoms with Crippen molar-refractivity contribution >= 4 is 12.2 Å². The number of carbonyl (C=O) groups is 2. The Balaban J connectivity index is 2.45. The van der Waals surface area contributed by atoms with E-state index in [0.29, 0.717) is 17.9 Å². The predicted molar refractivity (Wildman–Crippen MR) is 134 cm³/mol. The first-order valence-corrected chi connectivity index (χ1v) is 11.4. The summed E-state index contributed by atoms with van der Waals surface area (Å²) in [5.41, 5.74) is 1.11. The number of hydrogen-bond acceptors (Lipinski definition) is 7. The van der Waals surface area contributed by atoms with Gasteiger partial charge in [-0.05, 0) is 88.9 Å². The molecule has 0 aliphatic heterocycles. The van der Waals surface area contributed by atoms with Crippen LogP contribution in [0.2, 0.25) is 0 Å². The van der Waals surface area contributed by atoms with Gasteiger partial charge in [0, 0.05) is 6.54 Å². The SMILES string of the molecule is COc1ccc(-c2cc(OC)c(OC)cc2CCN(C(=O)OC(C)(C)C)C(=O)OC(C)(C)C)cc1. The Morgan fingerprint density at radius 1 is 0.743 bits per heavy atom. The highest BCUT2D eigenvalue weighted by Gasteiger charge is 2.31. The topological polar surface area (TPSA) is 83.5 Å². The van der Waals surface area contributed by atoms with Gasteiger partial charge >= 0.3 is 12.2 Å². The maximum atomic E-state index is 12.9. The van der Waals surface area contributed by atoms with Crippen LogP contribution in [0.3, 0.4) is 0 Å². The van der Waals surface area contributed by atoms with Crippen LogP contribution in [0.1, 0.15) is 47.1 Å². The average molecular weight is 488 g/mol. The second kappa shape index (κ2) is 11.3. The first-order chi connectivity index (χ1) is 16.3. The lowest BCUT2D eigenvalue weighted by molar-refractivity contribution is 0.00171. The second-order valence-corrected chi connectivity index (χ2v) is 9.96. The summed E-state index contributed by atoms with van der Waals surface area (Å²) in [6.07, 6.45) is -1.20. The Morgan fingerprint density at radius 3 is 1.66 bits per heavy atom. The number of benzene rings is 2. The summed E-state index contributed by atoms with van der Waals surface area (Å²) in [7, 11) is 4.74. The van der Waals surface area contributed by atoms with Crippen molar-refractivity contribution in [3.8, 4) is 28.4 Å². The zero-order chi connectivity index (χ0) is 26.4. The van der Waals surface area contributed by atoms with E-state index in [4.69, 9.17) is 23.7 Å². The van der Waals surface area contributed by atoms with E-state index in [1.165, 1.54) is 0 Å². The van der Waals surface area contributed by atoms with Crippen LogP contribution in [-0.4, -0.2) is 56.2 Å². The Hall–Kier alpha value is -3.42. The Kier molecular flexibility index (Phi) is 9.01. The molecule has 0 aromatic heterocycles. The molecule has 0 spiro atoms. The second-order valence-electron chi connectivity index (χ2n) is 9.96. The minimum absolute atomic E-state index is 0.0441. The lowest BCUT2D eigenvalue weighted by atomic mass is 9.96. The van der Waals surface area contributed by atoms with Crippen LogP contribution in [0, 0.1) is 0 Å². The molecule has 0 saturated carbocycles. The maximum absolute atomic E-state index is 12.9. The number of rotatable bonds is 7. The number of amides is 2. The molecule has 35 heavy (non-hydrogen) atoms. The molecular weight excluding hydrogens is 450 g/mol. The lowest BCUT2D eigenvalue weighted by Crippen LogP contribution is -2.44. The van der Waals surface area contributed by atoms with Crippen molar-refractivity contribution in [3.63, 3.8) is 0 Å². The first kappa shape index (κ1) is 27.8. The van der Waals surface area contributed by atoms with Gasteiger partial charge in [-0.1, -0.05) is 12.1 Å². The number of nitrogens with zero attached hydrogens (tertiary/aromatic N) is 1. The van der Waals surface area contributed by atoms with E-state index < -0.39 is 23.4 Å². The van der Waals surface area contributed by atoms with Crippen molar-refractivity contribution in [2.75, 3.05) is 27.9 Å². The highest BCUT2D eigenvalue weighted by molar-refractivity contribution is 5.88. The molecule has 0 aliphatic carbocycles. The molecule has 0 aliphatic rings. The summed E-state index contributed by atoms with van der Waals surface area (Å²) in [6, 6.07) is 11.3. The van der Waals surface area contributed by atoms with Crippen LogP contribution in [0.4, 0.5) is 9.59 Å². The Morgan fingerprint density at radius 2 is 1.23 bits per heavy atom. The third-order valence-corrected chi connectivity index (χ3v) is 4.84. The summed E-state index contributed by atoms with van der Waals surface area (Å²) < 4.78 is 27.2. The minimum atomic E-state index is -0.769. The summed E-state index contributed by atoms with van der Waals surface area (Å²) in [5, 5.41) is 0. The fraction of sp³-hybridized carbons (Fsp3) is 0.481. The van der Waals surface area contributed by atoms with Gasteiger partial charge < -0.3 is 23.7 Å². The molecule has 192 valence electrons. The van der Waals surface area contributed by atoms with Crippen molar-refractivity contribution in [2.45, 2.75) is 59.2 Å². The van der Waals surface area contributed by atoms with E-state index in [2.05, 4.69) is 0 Å². The van der Waals surface area contributed by atoms with E-state index >= 15 is 0 Å². The van der Waals surface area contributed by atoms with Crippen molar-refractivity contribution in [2.24, 2.45) is 0 Å². The minimum Gasteiger partial charge on any atom is -0.497 e. The molecule has 0 saturated heterocycles. The van der Waals surface area contributed by atoms with E-state index in [9.17, 15) is 9.59 Å². The van der Waals surface area contributed by atoms with E-state index in [1.54, 1.807) is 62.9 Å². The van der Waals surface area contributed by atoms with E-state index in [-0.39, 0.29) is 6.54 Å². The quantitative estimate of drug-likeness (QED) is 0.467.